The van der Waals surface area contributed by atoms with E-state index in [1.807, 2.05) is 6.07 Å². The molecule has 2 aliphatic heterocycles. The summed E-state index contributed by atoms with van der Waals surface area (Å²) in [5, 5.41) is 15.9. The molecule has 196 valence electrons. The van der Waals surface area contributed by atoms with Gasteiger partial charge in [0.2, 0.25) is 12.3 Å². The molecule has 2 saturated heterocycles. The minimum Gasteiger partial charge on any atom is -0.348 e. The lowest BCUT2D eigenvalue weighted by Crippen LogP contribution is -2.45. The largest absolute Gasteiger partial charge is 0.348 e. The van der Waals surface area contributed by atoms with Gasteiger partial charge in [-0.3, -0.25) is 14.5 Å². The van der Waals surface area contributed by atoms with Gasteiger partial charge in [-0.1, -0.05) is 26.7 Å². The summed E-state index contributed by atoms with van der Waals surface area (Å²) in [6.45, 7) is 7.46. The lowest BCUT2D eigenvalue weighted by molar-refractivity contribution is -0.125. The molecule has 0 aromatic carbocycles. The highest BCUT2D eigenvalue weighted by molar-refractivity contribution is 7.16. The second-order valence-corrected chi connectivity index (χ2v) is 12.3. The predicted molar refractivity (Wildman–Crippen MR) is 142 cm³/mol. The van der Waals surface area contributed by atoms with Gasteiger partial charge in [-0.05, 0) is 64.0 Å². The third-order valence-corrected chi connectivity index (χ3v) is 9.65. The van der Waals surface area contributed by atoms with Gasteiger partial charge < -0.3 is 15.2 Å². The number of fused-ring (bicyclic) bond motifs is 2. The second-order valence-electron chi connectivity index (χ2n) is 11.2. The molecule has 2 aromatic rings. The number of anilines is 1. The first-order chi connectivity index (χ1) is 17.4. The molecule has 3 fully saturated rings. The van der Waals surface area contributed by atoms with E-state index in [1.165, 1.54) is 12.8 Å². The molecular formula is C27H40N6O2S. The van der Waals surface area contributed by atoms with E-state index >= 15 is 0 Å². The molecule has 2 N–H and O–H groups in total. The number of thiophene rings is 1. The number of carbonyl (C=O) groups is 2. The lowest BCUT2D eigenvalue weighted by atomic mass is 9.95. The van der Waals surface area contributed by atoms with Crippen LogP contribution in [0.2, 0.25) is 0 Å². The number of amides is 2. The van der Waals surface area contributed by atoms with Crippen molar-refractivity contribution in [3.05, 3.63) is 28.7 Å². The maximum Gasteiger partial charge on any atom is 0.223 e. The normalized spacial score (nSPS) is 25.4. The van der Waals surface area contributed by atoms with Crippen molar-refractivity contribution in [1.82, 2.24) is 25.0 Å². The molecule has 4 heterocycles. The summed E-state index contributed by atoms with van der Waals surface area (Å²) in [4.78, 5) is 27.8. The number of carbonyl (C=O) groups excluding carboxylic acids is 2. The first-order valence-corrected chi connectivity index (χ1v) is 14.5. The van der Waals surface area contributed by atoms with Crippen LogP contribution in [0.1, 0.15) is 106 Å². The van der Waals surface area contributed by atoms with Crippen LogP contribution in [-0.4, -0.2) is 50.6 Å². The van der Waals surface area contributed by atoms with Crippen LogP contribution in [0.4, 0.5) is 5.00 Å². The highest BCUT2D eigenvalue weighted by atomic mass is 32.1. The van der Waals surface area contributed by atoms with Crippen molar-refractivity contribution in [3.63, 3.8) is 0 Å². The van der Waals surface area contributed by atoms with Gasteiger partial charge in [0.15, 0.2) is 0 Å². The number of nitrogens with one attached hydrogen (secondary N) is 2. The molecule has 9 heteroatoms. The zero-order chi connectivity index (χ0) is 25.2. The van der Waals surface area contributed by atoms with Crippen molar-refractivity contribution < 1.29 is 9.59 Å². The smallest absolute Gasteiger partial charge is 0.223 e. The molecule has 1 aliphatic carbocycles. The topological polar surface area (TPSA) is 92.2 Å². The first-order valence-electron chi connectivity index (χ1n) is 13.7. The van der Waals surface area contributed by atoms with Gasteiger partial charge in [-0.15, -0.1) is 21.5 Å². The monoisotopic (exact) mass is 512 g/mol. The number of nitrogens with zero attached hydrogens (tertiary/aromatic N) is 4. The minimum atomic E-state index is -0.0185. The van der Waals surface area contributed by atoms with Crippen LogP contribution in [-0.2, 0) is 9.59 Å². The Hall–Kier alpha value is -2.26. The number of hydrogen-bond donors (Lipinski definition) is 2. The highest BCUT2D eigenvalue weighted by Gasteiger charge is 2.42. The highest BCUT2D eigenvalue weighted by Crippen LogP contribution is 2.43. The molecule has 5 rings (SSSR count). The molecule has 0 unspecified atom stereocenters. The number of hydrogen-bond acceptors (Lipinski definition) is 6. The Morgan fingerprint density at radius 1 is 1.11 bits per heavy atom. The van der Waals surface area contributed by atoms with E-state index in [0.717, 1.165) is 73.0 Å². The van der Waals surface area contributed by atoms with E-state index in [2.05, 4.69) is 57.1 Å². The molecule has 2 bridgehead atoms. The fourth-order valence-electron chi connectivity index (χ4n) is 6.77. The zero-order valence-electron chi connectivity index (χ0n) is 21.8. The summed E-state index contributed by atoms with van der Waals surface area (Å²) < 4.78 is 2.41. The summed E-state index contributed by atoms with van der Waals surface area (Å²) in [5.41, 5.74) is 0. The van der Waals surface area contributed by atoms with Crippen LogP contribution in [0.3, 0.4) is 0 Å². The molecule has 3 aliphatic rings. The summed E-state index contributed by atoms with van der Waals surface area (Å²) in [6.07, 6.45) is 10.7. The zero-order valence-corrected chi connectivity index (χ0v) is 22.6. The van der Waals surface area contributed by atoms with Crippen molar-refractivity contribution >= 4 is 28.7 Å². The number of piperidine rings is 1. The van der Waals surface area contributed by atoms with Gasteiger partial charge in [0.25, 0.3) is 0 Å². The summed E-state index contributed by atoms with van der Waals surface area (Å²) in [6, 6.07) is 5.58. The minimum absolute atomic E-state index is 0.0185. The molecule has 0 spiro atoms. The Bertz CT molecular complexity index is 1040. The van der Waals surface area contributed by atoms with Crippen molar-refractivity contribution in [2.45, 2.75) is 109 Å². The van der Waals surface area contributed by atoms with Crippen LogP contribution in [0.25, 0.3) is 0 Å². The van der Waals surface area contributed by atoms with Crippen LogP contribution < -0.4 is 10.6 Å². The number of aryl methyl sites for hydroxylation is 1. The SMILES string of the molecule is Cc1nnc(C(C)C)n1[C@@H]1C[C@H]2CC[C@@H](C1)N2CC[C@H](NC(=O)C1CCCC1)c1ccc(NC=O)s1. The Morgan fingerprint density at radius 3 is 2.50 bits per heavy atom. The van der Waals surface area contributed by atoms with Gasteiger partial charge in [-0.2, -0.15) is 0 Å². The van der Waals surface area contributed by atoms with E-state index in [1.54, 1.807) is 11.3 Å². The molecule has 36 heavy (non-hydrogen) atoms. The molecule has 4 atom stereocenters. The third kappa shape index (κ3) is 5.23. The molecule has 1 saturated carbocycles. The molecule has 2 amide bonds. The third-order valence-electron chi connectivity index (χ3n) is 8.52. The van der Waals surface area contributed by atoms with E-state index in [4.69, 9.17) is 0 Å². The van der Waals surface area contributed by atoms with E-state index in [-0.39, 0.29) is 17.9 Å². The lowest BCUT2D eigenvalue weighted by Gasteiger charge is -2.40. The molecule has 0 radical (unpaired) electrons. The fourth-order valence-corrected chi connectivity index (χ4v) is 7.72. The molecular weight excluding hydrogens is 472 g/mol. The maximum atomic E-state index is 13.0. The first kappa shape index (κ1) is 25.4. The Kier molecular flexibility index (Phi) is 7.76. The predicted octanol–water partition coefficient (Wildman–Crippen LogP) is 4.95. The van der Waals surface area contributed by atoms with Crippen LogP contribution >= 0.6 is 11.3 Å². The van der Waals surface area contributed by atoms with Gasteiger partial charge in [0.1, 0.15) is 11.6 Å². The van der Waals surface area contributed by atoms with Crippen molar-refractivity contribution in [3.8, 4) is 0 Å². The summed E-state index contributed by atoms with van der Waals surface area (Å²) >= 11 is 1.57. The molecule has 2 aromatic heterocycles. The fraction of sp³-hybridized carbons (Fsp3) is 0.704. The Labute approximate surface area is 218 Å². The standard InChI is InChI=1S/C27H40N6O2S/c1-17(2)26-31-30-18(3)33(26)22-14-20-8-9-21(15-22)32(20)13-12-23(24-10-11-25(36-24)28-16-34)29-27(35)19-6-4-5-7-19/h10-11,16-17,19-23H,4-9,12-15H2,1-3H3,(H,28,34)(H,29,35)/t20-,21+,22-,23-/m0/s1. The van der Waals surface area contributed by atoms with Gasteiger partial charge in [0.05, 0.1) is 11.0 Å². The Morgan fingerprint density at radius 2 is 1.83 bits per heavy atom. The average Bonchev–Trinajstić information content (AvgIpc) is 3.64. The summed E-state index contributed by atoms with van der Waals surface area (Å²) in [5.74, 6) is 2.85. The van der Waals surface area contributed by atoms with Crippen LogP contribution in [0, 0.1) is 12.8 Å². The maximum absolute atomic E-state index is 13.0. The second kappa shape index (κ2) is 11.0. The van der Waals surface area contributed by atoms with Gasteiger partial charge in [-0.25, -0.2) is 0 Å². The van der Waals surface area contributed by atoms with Crippen molar-refractivity contribution in [1.29, 1.82) is 0 Å². The van der Waals surface area contributed by atoms with E-state index in [0.29, 0.717) is 30.5 Å². The van der Waals surface area contributed by atoms with Crippen LogP contribution in [0.5, 0.6) is 0 Å². The average molecular weight is 513 g/mol. The summed E-state index contributed by atoms with van der Waals surface area (Å²) in [7, 11) is 0. The van der Waals surface area contributed by atoms with E-state index < -0.39 is 0 Å². The molecule has 8 nitrogen and oxygen atoms in total. The van der Waals surface area contributed by atoms with Crippen LogP contribution in [0.15, 0.2) is 12.1 Å². The van der Waals surface area contributed by atoms with E-state index in [9.17, 15) is 9.59 Å². The van der Waals surface area contributed by atoms with Gasteiger partial charge in [0, 0.05) is 41.4 Å². The number of rotatable bonds is 10. The van der Waals surface area contributed by atoms with Gasteiger partial charge >= 0.3 is 0 Å². The number of aromatic nitrogens is 3. The quantitative estimate of drug-likeness (QED) is 0.440. The van der Waals surface area contributed by atoms with Crippen molar-refractivity contribution in [2.75, 3.05) is 11.9 Å². The Balaban J connectivity index is 1.27. The van der Waals surface area contributed by atoms with Crippen molar-refractivity contribution in [2.24, 2.45) is 5.92 Å².